The van der Waals surface area contributed by atoms with Crippen molar-refractivity contribution in [2.75, 3.05) is 5.32 Å². The van der Waals surface area contributed by atoms with Gasteiger partial charge in [-0.05, 0) is 53.6 Å². The van der Waals surface area contributed by atoms with Gasteiger partial charge >= 0.3 is 0 Å². The number of aromatic nitrogens is 3. The molecule has 0 spiro atoms. The molecule has 7 aromatic rings. The number of nitrogens with zero attached hydrogens (tertiary/aromatic N) is 3. The largest absolute Gasteiger partial charge is 0.310 e. The molecule has 5 aromatic carbocycles. The molecule has 0 fully saturated rings. The fourth-order valence-corrected chi connectivity index (χ4v) is 5.36. The summed E-state index contributed by atoms with van der Waals surface area (Å²) in [5, 5.41) is 5.24. The molecule has 1 N–H and O–H groups in total. The predicted molar refractivity (Wildman–Crippen MR) is 158 cm³/mol. The van der Waals surface area contributed by atoms with Gasteiger partial charge in [0.25, 0.3) is 0 Å². The van der Waals surface area contributed by atoms with E-state index in [2.05, 4.69) is 93.3 Å². The predicted octanol–water partition coefficient (Wildman–Crippen LogP) is 9.03. The van der Waals surface area contributed by atoms with Crippen LogP contribution in [0.25, 0.3) is 44.4 Å². The Balaban J connectivity index is 1.41. The minimum Gasteiger partial charge on any atom is -0.310 e. The Bertz CT molecular complexity index is 1890. The highest BCUT2D eigenvalue weighted by atomic mass is 35.5. The van der Waals surface area contributed by atoms with E-state index in [9.17, 15) is 0 Å². The number of benzene rings is 5. The van der Waals surface area contributed by atoms with Crippen molar-refractivity contribution in [1.82, 2.24) is 14.1 Å². The van der Waals surface area contributed by atoms with Crippen LogP contribution in [0.5, 0.6) is 0 Å². The average molecular weight is 511 g/mol. The monoisotopic (exact) mass is 510 g/mol. The third-order valence-corrected chi connectivity index (χ3v) is 7.23. The molecule has 0 saturated heterocycles. The van der Waals surface area contributed by atoms with Gasteiger partial charge in [0.2, 0.25) is 5.95 Å². The van der Waals surface area contributed by atoms with Gasteiger partial charge in [0, 0.05) is 16.8 Å². The van der Waals surface area contributed by atoms with Gasteiger partial charge < -0.3 is 5.32 Å². The second-order valence-electron chi connectivity index (χ2n) is 9.15. The van der Waals surface area contributed by atoms with Crippen LogP contribution in [0.4, 0.5) is 11.8 Å². The molecule has 4 nitrogen and oxygen atoms in total. The van der Waals surface area contributed by atoms with E-state index in [1.807, 2.05) is 54.6 Å². The molecule has 0 saturated carbocycles. The van der Waals surface area contributed by atoms with Gasteiger partial charge in [0.1, 0.15) is 5.82 Å². The standard InChI is InChI=1S/C33H23ClN4/c34-31-27-15-7-9-17-29(27)37(26-21-19-24(20-22-26)23-11-3-1-4-12-23)32(31)36-33-35-28-16-8-10-18-30(28)38(33)25-13-5-2-6-14-25/h1-22H,(H,35,36). The fraction of sp³-hybridized carbons (Fsp3) is 0. The van der Waals surface area contributed by atoms with Gasteiger partial charge in [-0.15, -0.1) is 0 Å². The van der Waals surface area contributed by atoms with Crippen LogP contribution >= 0.6 is 11.6 Å². The topological polar surface area (TPSA) is 34.8 Å². The van der Waals surface area contributed by atoms with E-state index < -0.39 is 0 Å². The average Bonchev–Trinajstić information content (AvgIpc) is 3.49. The zero-order chi connectivity index (χ0) is 25.5. The van der Waals surface area contributed by atoms with Crippen molar-refractivity contribution in [3.8, 4) is 22.5 Å². The van der Waals surface area contributed by atoms with E-state index in [-0.39, 0.29) is 0 Å². The Morgan fingerprint density at radius 1 is 0.526 bits per heavy atom. The minimum atomic E-state index is 0.652. The first kappa shape index (κ1) is 22.4. The number of hydrogen-bond donors (Lipinski definition) is 1. The molecule has 38 heavy (non-hydrogen) atoms. The van der Waals surface area contributed by atoms with Crippen LogP contribution in [0.3, 0.4) is 0 Å². The highest BCUT2D eigenvalue weighted by molar-refractivity contribution is 6.38. The third-order valence-electron chi connectivity index (χ3n) is 6.85. The third kappa shape index (κ3) is 3.74. The molecule has 0 atom stereocenters. The highest BCUT2D eigenvalue weighted by Gasteiger charge is 2.20. The molecular weight excluding hydrogens is 488 g/mol. The number of anilines is 2. The number of halogens is 1. The molecule has 7 rings (SSSR count). The first-order chi connectivity index (χ1) is 18.8. The summed E-state index contributed by atoms with van der Waals surface area (Å²) in [5.41, 5.74) is 7.33. The van der Waals surface area contributed by atoms with E-state index in [0.717, 1.165) is 44.7 Å². The lowest BCUT2D eigenvalue weighted by Crippen LogP contribution is -2.06. The molecular formula is C33H23ClN4. The number of nitrogens with one attached hydrogen (secondary N) is 1. The van der Waals surface area contributed by atoms with E-state index in [1.165, 1.54) is 5.56 Å². The van der Waals surface area contributed by atoms with Crippen molar-refractivity contribution >= 4 is 45.3 Å². The van der Waals surface area contributed by atoms with Crippen LogP contribution in [-0.2, 0) is 0 Å². The van der Waals surface area contributed by atoms with Crippen molar-refractivity contribution in [3.05, 3.63) is 138 Å². The van der Waals surface area contributed by atoms with Crippen molar-refractivity contribution in [2.45, 2.75) is 0 Å². The Hall–Kier alpha value is -4.80. The zero-order valence-corrected chi connectivity index (χ0v) is 21.2. The number of fused-ring (bicyclic) bond motifs is 2. The molecule has 0 radical (unpaired) electrons. The van der Waals surface area contributed by atoms with E-state index >= 15 is 0 Å². The second kappa shape index (κ2) is 9.25. The van der Waals surface area contributed by atoms with Crippen molar-refractivity contribution in [2.24, 2.45) is 0 Å². The van der Waals surface area contributed by atoms with Crippen LogP contribution in [0.15, 0.2) is 133 Å². The van der Waals surface area contributed by atoms with Gasteiger partial charge in [-0.2, -0.15) is 0 Å². The van der Waals surface area contributed by atoms with Crippen molar-refractivity contribution < 1.29 is 0 Å². The highest BCUT2D eigenvalue weighted by Crippen LogP contribution is 2.39. The molecule has 0 aliphatic heterocycles. The summed E-state index contributed by atoms with van der Waals surface area (Å²) in [6.45, 7) is 0. The summed E-state index contributed by atoms with van der Waals surface area (Å²) in [6.07, 6.45) is 0. The lowest BCUT2D eigenvalue weighted by Gasteiger charge is -2.15. The molecule has 0 unspecified atom stereocenters. The first-order valence-electron chi connectivity index (χ1n) is 12.5. The van der Waals surface area contributed by atoms with Gasteiger partial charge in [0.05, 0.1) is 21.6 Å². The molecule has 0 bridgehead atoms. The normalized spacial score (nSPS) is 11.3. The minimum absolute atomic E-state index is 0.652. The fourth-order valence-electron chi connectivity index (χ4n) is 5.07. The van der Waals surface area contributed by atoms with Crippen molar-refractivity contribution in [3.63, 3.8) is 0 Å². The summed E-state index contributed by atoms with van der Waals surface area (Å²) >= 11 is 7.07. The Kier molecular flexibility index (Phi) is 5.46. The molecule has 2 heterocycles. The summed E-state index contributed by atoms with van der Waals surface area (Å²) < 4.78 is 4.30. The lowest BCUT2D eigenvalue weighted by molar-refractivity contribution is 1.06. The maximum absolute atomic E-state index is 7.07. The molecule has 5 heteroatoms. The maximum Gasteiger partial charge on any atom is 0.214 e. The number of para-hydroxylation sites is 4. The van der Waals surface area contributed by atoms with Gasteiger partial charge in [-0.25, -0.2) is 4.98 Å². The van der Waals surface area contributed by atoms with E-state index in [0.29, 0.717) is 11.0 Å². The zero-order valence-electron chi connectivity index (χ0n) is 20.4. The van der Waals surface area contributed by atoms with Crippen LogP contribution in [0.2, 0.25) is 5.02 Å². The number of imidazole rings is 1. The van der Waals surface area contributed by atoms with Gasteiger partial charge in [0.15, 0.2) is 0 Å². The molecule has 2 aromatic heterocycles. The van der Waals surface area contributed by atoms with Crippen molar-refractivity contribution in [1.29, 1.82) is 0 Å². The van der Waals surface area contributed by atoms with Crippen LogP contribution < -0.4 is 5.32 Å². The summed E-state index contributed by atoms with van der Waals surface area (Å²) in [4.78, 5) is 4.96. The quantitative estimate of drug-likeness (QED) is 0.250. The Morgan fingerprint density at radius 3 is 1.87 bits per heavy atom. The number of hydrogen-bond acceptors (Lipinski definition) is 2. The second-order valence-corrected chi connectivity index (χ2v) is 9.53. The summed E-state index contributed by atoms with van der Waals surface area (Å²) in [5.74, 6) is 1.47. The smallest absolute Gasteiger partial charge is 0.214 e. The first-order valence-corrected chi connectivity index (χ1v) is 12.9. The van der Waals surface area contributed by atoms with E-state index in [4.69, 9.17) is 16.6 Å². The Morgan fingerprint density at radius 2 is 1.11 bits per heavy atom. The van der Waals surface area contributed by atoms with Gasteiger partial charge in [-0.3, -0.25) is 9.13 Å². The number of rotatable bonds is 5. The molecule has 0 aliphatic rings. The van der Waals surface area contributed by atoms with Crippen LogP contribution in [0.1, 0.15) is 0 Å². The summed E-state index contributed by atoms with van der Waals surface area (Å²) in [6, 6.07) is 45.6. The molecule has 0 amide bonds. The van der Waals surface area contributed by atoms with Gasteiger partial charge in [-0.1, -0.05) is 103 Å². The van der Waals surface area contributed by atoms with Crippen LogP contribution in [-0.4, -0.2) is 14.1 Å². The molecule has 182 valence electrons. The maximum atomic E-state index is 7.07. The SMILES string of the molecule is Clc1c(Nc2nc3ccccc3n2-c2ccccc2)n(-c2ccc(-c3ccccc3)cc2)c2ccccc12. The lowest BCUT2D eigenvalue weighted by atomic mass is 10.1. The van der Waals surface area contributed by atoms with Crippen LogP contribution in [0, 0.1) is 0 Å². The Labute approximate surface area is 225 Å². The van der Waals surface area contributed by atoms with E-state index in [1.54, 1.807) is 0 Å². The summed E-state index contributed by atoms with van der Waals surface area (Å²) in [7, 11) is 0. The molecule has 0 aliphatic carbocycles.